The number of ether oxygens (including phenoxy) is 1. The van der Waals surface area contributed by atoms with Gasteiger partial charge in [-0.2, -0.15) is 4.98 Å². The molecule has 7 rings (SSSR count). The number of halogens is 3. The van der Waals surface area contributed by atoms with E-state index in [1.165, 1.54) is 30.5 Å². The van der Waals surface area contributed by atoms with Crippen LogP contribution in [0.2, 0.25) is 0 Å². The van der Waals surface area contributed by atoms with Crippen LogP contribution < -0.4 is 15.0 Å². The van der Waals surface area contributed by atoms with Crippen LogP contribution in [0.4, 0.5) is 19.0 Å². The Morgan fingerprint density at radius 2 is 2.12 bits per heavy atom. The Labute approximate surface area is 241 Å². The number of anilines is 1. The van der Waals surface area contributed by atoms with Gasteiger partial charge in [0.1, 0.15) is 41.2 Å². The van der Waals surface area contributed by atoms with Gasteiger partial charge < -0.3 is 20.1 Å². The smallest absolute Gasteiger partial charge is 0.317 e. The van der Waals surface area contributed by atoms with Crippen molar-refractivity contribution in [2.75, 3.05) is 44.7 Å². The Morgan fingerprint density at radius 3 is 2.88 bits per heavy atom. The number of hydrogen-bond acceptors (Lipinski definition) is 8. The van der Waals surface area contributed by atoms with Crippen molar-refractivity contribution in [3.63, 3.8) is 0 Å². The van der Waals surface area contributed by atoms with E-state index in [9.17, 15) is 13.9 Å². The molecule has 0 saturated carbocycles. The lowest BCUT2D eigenvalue weighted by atomic mass is 9.81. The van der Waals surface area contributed by atoms with E-state index in [0.717, 1.165) is 32.5 Å². The molecule has 11 heteroatoms. The number of nitrogens with zero attached hydrogens (tertiary/aromatic N) is 5. The van der Waals surface area contributed by atoms with E-state index in [-0.39, 0.29) is 41.9 Å². The number of hydrogen-bond donors (Lipinski definition) is 2. The van der Waals surface area contributed by atoms with E-state index in [1.54, 1.807) is 0 Å². The Bertz CT molecular complexity index is 1660. The van der Waals surface area contributed by atoms with Crippen molar-refractivity contribution in [1.82, 2.24) is 25.2 Å². The monoisotopic (exact) mass is 576 g/mol. The molecule has 3 fully saturated rings. The van der Waals surface area contributed by atoms with Crippen LogP contribution in [0, 0.1) is 24.0 Å². The number of likely N-dealkylation sites (N-methyl/N-ethyl adjacent to an activating group) is 1. The maximum Gasteiger partial charge on any atom is 0.317 e. The first-order chi connectivity index (χ1) is 20.2. The topological polar surface area (TPSA) is 86.6 Å². The molecule has 218 valence electrons. The molecule has 8 nitrogen and oxygen atoms in total. The Hall–Kier alpha value is -3.72. The molecule has 3 aromatic rings. The minimum Gasteiger partial charge on any atom is -0.461 e. The molecule has 1 aliphatic carbocycles. The summed E-state index contributed by atoms with van der Waals surface area (Å²) in [7, 11) is 1.86. The molecule has 0 radical (unpaired) electrons. The fourth-order valence-electron chi connectivity index (χ4n) is 6.88. The Kier molecular flexibility index (Phi) is 6.42. The van der Waals surface area contributed by atoms with E-state index in [1.807, 2.05) is 11.9 Å². The number of aliphatic hydroxyl groups is 1. The van der Waals surface area contributed by atoms with Gasteiger partial charge in [0.15, 0.2) is 5.82 Å². The third kappa shape index (κ3) is 4.23. The van der Waals surface area contributed by atoms with E-state index < -0.39 is 28.9 Å². The van der Waals surface area contributed by atoms with Crippen molar-refractivity contribution in [1.29, 1.82) is 0 Å². The van der Waals surface area contributed by atoms with Gasteiger partial charge in [0.25, 0.3) is 0 Å². The maximum absolute atomic E-state index is 16.4. The minimum atomic E-state index is -1.85. The summed E-state index contributed by atoms with van der Waals surface area (Å²) in [5, 5.41) is 15.4. The van der Waals surface area contributed by atoms with Crippen molar-refractivity contribution in [2.24, 2.45) is 0 Å². The predicted octanol–water partition coefficient (Wildman–Crippen LogP) is 3.10. The second-order valence-electron chi connectivity index (χ2n) is 11.9. The first-order valence-electron chi connectivity index (χ1n) is 14.2. The number of benzene rings is 1. The average molecular weight is 577 g/mol. The summed E-state index contributed by atoms with van der Waals surface area (Å²) in [5.74, 6) is 1.45. The summed E-state index contributed by atoms with van der Waals surface area (Å²) in [4.78, 5) is 17.6. The molecule has 42 heavy (non-hydrogen) atoms. The third-order valence-electron chi connectivity index (χ3n) is 9.34. The number of nitrogens with one attached hydrogen (secondary N) is 1. The zero-order valence-corrected chi connectivity index (χ0v) is 23.2. The summed E-state index contributed by atoms with van der Waals surface area (Å²) in [6.07, 6.45) is 11.2. The first kappa shape index (κ1) is 27.1. The molecule has 0 amide bonds. The highest BCUT2D eigenvalue weighted by Gasteiger charge is 2.49. The van der Waals surface area contributed by atoms with Gasteiger partial charge in [-0.05, 0) is 42.7 Å². The Morgan fingerprint density at radius 1 is 1.29 bits per heavy atom. The molecule has 4 aliphatic rings. The molecular formula is C31H31F3N6O2. The summed E-state index contributed by atoms with van der Waals surface area (Å²) in [6.45, 7) is 2.86. The molecule has 0 bridgehead atoms. The summed E-state index contributed by atoms with van der Waals surface area (Å²) in [5.41, 5.74) is -1.37. The first-order valence-corrected chi connectivity index (χ1v) is 14.2. The zero-order valence-electron chi connectivity index (χ0n) is 23.2. The summed E-state index contributed by atoms with van der Waals surface area (Å²) >= 11 is 0. The third-order valence-corrected chi connectivity index (χ3v) is 9.34. The van der Waals surface area contributed by atoms with Gasteiger partial charge in [0, 0.05) is 45.7 Å². The highest BCUT2D eigenvalue weighted by Crippen LogP contribution is 2.42. The molecular weight excluding hydrogens is 545 g/mol. The highest BCUT2D eigenvalue weighted by molar-refractivity contribution is 5.90. The van der Waals surface area contributed by atoms with Crippen LogP contribution in [0.1, 0.15) is 41.6 Å². The molecule has 2 N–H and O–H groups in total. The van der Waals surface area contributed by atoms with Crippen LogP contribution >= 0.6 is 0 Å². The molecule has 5 heterocycles. The molecule has 2 aromatic heterocycles. The fraction of sp³-hybridized carbons (Fsp3) is 0.452. The van der Waals surface area contributed by atoms with Crippen molar-refractivity contribution in [3.05, 3.63) is 58.4 Å². The lowest BCUT2D eigenvalue weighted by Crippen LogP contribution is -2.56. The molecule has 3 aliphatic heterocycles. The van der Waals surface area contributed by atoms with E-state index in [0.29, 0.717) is 35.3 Å². The van der Waals surface area contributed by atoms with Crippen LogP contribution in [-0.2, 0) is 12.0 Å². The van der Waals surface area contributed by atoms with Crippen molar-refractivity contribution < 1.29 is 23.0 Å². The van der Waals surface area contributed by atoms with E-state index in [4.69, 9.17) is 11.2 Å². The molecule has 3 atom stereocenters. The fourth-order valence-corrected chi connectivity index (χ4v) is 6.88. The molecule has 1 aromatic carbocycles. The number of aromatic nitrogens is 3. The van der Waals surface area contributed by atoms with Crippen LogP contribution in [0.15, 0.2) is 24.4 Å². The SMILES string of the molecule is C#Cc1c(F)ccc2c1C=CC(O)(c1nc(N(C)C3CNC3)c3cnc(OC[C@@]45CCCN4C[C@H](F)C5)nc3c1F)C2. The van der Waals surface area contributed by atoms with Crippen molar-refractivity contribution in [2.45, 2.75) is 49.0 Å². The minimum absolute atomic E-state index is 0.0216. The van der Waals surface area contributed by atoms with Crippen LogP contribution in [0.3, 0.4) is 0 Å². The lowest BCUT2D eigenvalue weighted by Gasteiger charge is -2.37. The number of terminal acetylenes is 1. The zero-order chi connectivity index (χ0) is 29.2. The summed E-state index contributed by atoms with van der Waals surface area (Å²) in [6, 6.07) is 2.87. The second kappa shape index (κ2) is 9.93. The van der Waals surface area contributed by atoms with Gasteiger partial charge in [-0.25, -0.2) is 23.1 Å². The second-order valence-corrected chi connectivity index (χ2v) is 11.9. The normalized spacial score (nSPS) is 27.0. The molecule has 3 saturated heterocycles. The number of pyridine rings is 1. The van der Waals surface area contributed by atoms with Gasteiger partial charge >= 0.3 is 6.01 Å². The van der Waals surface area contributed by atoms with Crippen molar-refractivity contribution in [3.8, 4) is 18.4 Å². The number of fused-ring (bicyclic) bond motifs is 3. The Balaban J connectivity index is 1.29. The van der Waals surface area contributed by atoms with Gasteiger partial charge in [-0.1, -0.05) is 18.1 Å². The predicted molar refractivity (Wildman–Crippen MR) is 152 cm³/mol. The molecule has 0 spiro atoms. The van der Waals surface area contributed by atoms with Gasteiger partial charge in [0.2, 0.25) is 0 Å². The van der Waals surface area contributed by atoms with Gasteiger partial charge in [-0.3, -0.25) is 4.90 Å². The van der Waals surface area contributed by atoms with Crippen LogP contribution in [0.25, 0.3) is 17.0 Å². The number of alkyl halides is 1. The maximum atomic E-state index is 16.4. The highest BCUT2D eigenvalue weighted by atomic mass is 19.1. The van der Waals surface area contributed by atoms with Gasteiger partial charge in [0.05, 0.1) is 22.5 Å². The van der Waals surface area contributed by atoms with E-state index in [2.05, 4.69) is 31.1 Å². The number of rotatable bonds is 6. The largest absolute Gasteiger partial charge is 0.461 e. The lowest BCUT2D eigenvalue weighted by molar-refractivity contribution is 0.0804. The standard InChI is InChI=1S/C31H31F3N6O2/c1-3-21-22-7-9-31(41,11-18(22)5-6-24(21)33)27-25(34)26-23(28(38-27)39(2)20-13-35-14-20)15-36-29(37-26)42-17-30-8-4-10-40(30)16-19(32)12-30/h1,5-7,9,15,19-20,35,41H,4,8,10-14,16-17H2,2H3/t19-,30+,31?/m1/s1. The van der Waals surface area contributed by atoms with Crippen LogP contribution in [0.5, 0.6) is 6.01 Å². The van der Waals surface area contributed by atoms with E-state index >= 15 is 4.39 Å². The summed E-state index contributed by atoms with van der Waals surface area (Å²) < 4.78 is 51.0. The van der Waals surface area contributed by atoms with Crippen LogP contribution in [-0.4, -0.2) is 82.5 Å². The van der Waals surface area contributed by atoms with Gasteiger partial charge in [-0.15, -0.1) is 6.42 Å². The quantitative estimate of drug-likeness (QED) is 0.433. The van der Waals surface area contributed by atoms with Crippen molar-refractivity contribution >= 4 is 22.8 Å². The molecule has 1 unspecified atom stereocenters. The average Bonchev–Trinajstić information content (AvgIpc) is 3.47.